The van der Waals surface area contributed by atoms with Gasteiger partial charge < -0.3 is 10.6 Å². The smallest absolute Gasteiger partial charge is 0.353 e. The molecule has 7 heteroatoms. The van der Waals surface area contributed by atoms with Crippen molar-refractivity contribution in [2.75, 3.05) is 23.7 Å². The van der Waals surface area contributed by atoms with Crippen molar-refractivity contribution in [3.05, 3.63) is 16.4 Å². The Morgan fingerprint density at radius 3 is 2.83 bits per heavy atom. The molecule has 0 aliphatic carbocycles. The first kappa shape index (κ1) is 12.5. The fourth-order valence-corrected chi connectivity index (χ4v) is 2.39. The highest BCUT2D eigenvalue weighted by atomic mass is 16.6. The Kier molecular flexibility index (Phi) is 3.06. The Morgan fingerprint density at radius 2 is 2.22 bits per heavy atom. The van der Waals surface area contributed by atoms with Crippen LogP contribution in [0.1, 0.15) is 26.7 Å². The minimum Gasteiger partial charge on any atom is -0.378 e. The summed E-state index contributed by atoms with van der Waals surface area (Å²) >= 11 is 0. The van der Waals surface area contributed by atoms with Gasteiger partial charge in [-0.3, -0.25) is 10.1 Å². The van der Waals surface area contributed by atoms with Crippen LogP contribution >= 0.6 is 0 Å². The summed E-state index contributed by atoms with van der Waals surface area (Å²) in [7, 11) is 0. The van der Waals surface area contributed by atoms with Crippen molar-refractivity contribution in [2.24, 2.45) is 5.41 Å². The molecule has 2 rings (SSSR count). The molecule has 0 radical (unpaired) electrons. The van der Waals surface area contributed by atoms with E-state index in [1.165, 1.54) is 6.33 Å². The maximum Gasteiger partial charge on any atom is 0.353 e. The van der Waals surface area contributed by atoms with E-state index in [9.17, 15) is 10.1 Å². The molecule has 0 aromatic carbocycles. The monoisotopic (exact) mass is 251 g/mol. The molecule has 18 heavy (non-hydrogen) atoms. The summed E-state index contributed by atoms with van der Waals surface area (Å²) in [6, 6.07) is 0. The number of nitrogens with two attached hydrogens (primary N) is 1. The Labute approximate surface area is 105 Å². The van der Waals surface area contributed by atoms with Crippen molar-refractivity contribution in [3.8, 4) is 0 Å². The van der Waals surface area contributed by atoms with Crippen molar-refractivity contribution < 1.29 is 4.92 Å². The summed E-state index contributed by atoms with van der Waals surface area (Å²) < 4.78 is 0. The second-order valence-corrected chi connectivity index (χ2v) is 5.38. The molecular weight excluding hydrogens is 234 g/mol. The Morgan fingerprint density at radius 1 is 1.50 bits per heavy atom. The number of nitro groups is 1. The van der Waals surface area contributed by atoms with Gasteiger partial charge in [0.25, 0.3) is 0 Å². The van der Waals surface area contributed by atoms with Crippen molar-refractivity contribution in [3.63, 3.8) is 0 Å². The maximum absolute atomic E-state index is 11.1. The van der Waals surface area contributed by atoms with Gasteiger partial charge in [0.2, 0.25) is 11.6 Å². The fourth-order valence-electron chi connectivity index (χ4n) is 2.39. The van der Waals surface area contributed by atoms with E-state index in [0.717, 1.165) is 25.9 Å². The molecule has 1 saturated heterocycles. The molecule has 1 aliphatic rings. The first-order valence-electron chi connectivity index (χ1n) is 5.90. The van der Waals surface area contributed by atoms with E-state index in [4.69, 9.17) is 5.73 Å². The van der Waals surface area contributed by atoms with Gasteiger partial charge in [0.1, 0.15) is 6.33 Å². The molecule has 1 aliphatic heterocycles. The van der Waals surface area contributed by atoms with Crippen LogP contribution in [0.4, 0.5) is 17.3 Å². The predicted octanol–water partition coefficient (Wildman–Crippen LogP) is 1.59. The standard InChI is InChI=1S/C11H17N5O2/c1-11(2)4-3-5-15(6-11)10-8(16(17)18)9(12)13-7-14-10/h7H,3-6H2,1-2H3,(H2,12,13,14). The molecule has 0 amide bonds. The third kappa shape index (κ3) is 2.34. The number of hydrogen-bond donors (Lipinski definition) is 1. The third-order valence-corrected chi connectivity index (χ3v) is 3.21. The van der Waals surface area contributed by atoms with Crippen LogP contribution in [-0.4, -0.2) is 28.0 Å². The van der Waals surface area contributed by atoms with E-state index in [1.54, 1.807) is 0 Å². The number of aromatic nitrogens is 2. The minimum absolute atomic E-state index is 0.0756. The summed E-state index contributed by atoms with van der Waals surface area (Å²) in [6.45, 7) is 5.80. The van der Waals surface area contributed by atoms with Crippen LogP contribution < -0.4 is 10.6 Å². The SMILES string of the molecule is CC1(C)CCCN(c2ncnc(N)c2[N+](=O)[O-])C1. The summed E-state index contributed by atoms with van der Waals surface area (Å²) in [5.74, 6) is 0.258. The molecule has 98 valence electrons. The Balaban J connectivity index is 2.39. The highest BCUT2D eigenvalue weighted by Crippen LogP contribution is 2.36. The molecule has 0 saturated carbocycles. The zero-order valence-corrected chi connectivity index (χ0v) is 10.6. The number of hydrogen-bond acceptors (Lipinski definition) is 6. The molecule has 2 heterocycles. The molecule has 1 aromatic heterocycles. The topological polar surface area (TPSA) is 98.2 Å². The second kappa shape index (κ2) is 4.40. The lowest BCUT2D eigenvalue weighted by atomic mass is 9.84. The summed E-state index contributed by atoms with van der Waals surface area (Å²) in [5.41, 5.74) is 5.52. The van der Waals surface area contributed by atoms with Gasteiger partial charge in [-0.25, -0.2) is 9.97 Å². The Hall–Kier alpha value is -1.92. The zero-order valence-electron chi connectivity index (χ0n) is 10.6. The highest BCUT2D eigenvalue weighted by molar-refractivity contribution is 5.68. The van der Waals surface area contributed by atoms with Crippen LogP contribution in [0.25, 0.3) is 0 Å². The molecule has 0 atom stereocenters. The second-order valence-electron chi connectivity index (χ2n) is 5.38. The number of nitrogen functional groups attached to an aromatic ring is 1. The van der Waals surface area contributed by atoms with Gasteiger partial charge in [-0.2, -0.15) is 0 Å². The van der Waals surface area contributed by atoms with Crippen LogP contribution in [-0.2, 0) is 0 Å². The molecule has 0 spiro atoms. The Bertz CT molecular complexity index is 475. The average molecular weight is 251 g/mol. The molecular formula is C11H17N5O2. The van der Waals surface area contributed by atoms with E-state index in [2.05, 4.69) is 23.8 Å². The van der Waals surface area contributed by atoms with Gasteiger partial charge in [-0.15, -0.1) is 0 Å². The third-order valence-electron chi connectivity index (χ3n) is 3.21. The highest BCUT2D eigenvalue weighted by Gasteiger charge is 2.32. The molecule has 1 aromatic rings. The van der Waals surface area contributed by atoms with Crippen LogP contribution in [0.2, 0.25) is 0 Å². The van der Waals surface area contributed by atoms with Crippen LogP contribution in [0.3, 0.4) is 0 Å². The largest absolute Gasteiger partial charge is 0.378 e. The summed E-state index contributed by atoms with van der Waals surface area (Å²) in [6.07, 6.45) is 3.38. The molecule has 1 fully saturated rings. The predicted molar refractivity (Wildman–Crippen MR) is 68.3 cm³/mol. The molecule has 0 bridgehead atoms. The molecule has 0 unspecified atom stereocenters. The quantitative estimate of drug-likeness (QED) is 0.633. The van der Waals surface area contributed by atoms with Gasteiger partial charge in [0.15, 0.2) is 0 Å². The normalized spacial score (nSPS) is 18.7. The van der Waals surface area contributed by atoms with Gasteiger partial charge >= 0.3 is 5.69 Å². The first-order chi connectivity index (χ1) is 8.41. The van der Waals surface area contributed by atoms with Crippen molar-refractivity contribution >= 4 is 17.3 Å². The molecule has 2 N–H and O–H groups in total. The summed E-state index contributed by atoms with van der Waals surface area (Å²) in [4.78, 5) is 20.2. The van der Waals surface area contributed by atoms with E-state index >= 15 is 0 Å². The minimum atomic E-state index is -0.508. The summed E-state index contributed by atoms with van der Waals surface area (Å²) in [5, 5.41) is 11.1. The first-order valence-corrected chi connectivity index (χ1v) is 5.90. The van der Waals surface area contributed by atoms with Crippen LogP contribution in [0, 0.1) is 15.5 Å². The number of rotatable bonds is 2. The van der Waals surface area contributed by atoms with Crippen molar-refractivity contribution in [1.29, 1.82) is 0 Å². The van der Waals surface area contributed by atoms with Gasteiger partial charge in [-0.05, 0) is 18.3 Å². The maximum atomic E-state index is 11.1. The lowest BCUT2D eigenvalue weighted by Crippen LogP contribution is -2.40. The molecule has 7 nitrogen and oxygen atoms in total. The number of piperidine rings is 1. The van der Waals surface area contributed by atoms with Gasteiger partial charge in [0.05, 0.1) is 4.92 Å². The lowest BCUT2D eigenvalue weighted by molar-refractivity contribution is -0.383. The van der Waals surface area contributed by atoms with Gasteiger partial charge in [0, 0.05) is 13.1 Å². The van der Waals surface area contributed by atoms with E-state index < -0.39 is 4.92 Å². The van der Waals surface area contributed by atoms with Gasteiger partial charge in [-0.1, -0.05) is 13.8 Å². The van der Waals surface area contributed by atoms with E-state index in [-0.39, 0.29) is 16.9 Å². The lowest BCUT2D eigenvalue weighted by Gasteiger charge is -2.38. The number of nitrogens with zero attached hydrogens (tertiary/aromatic N) is 4. The zero-order chi connectivity index (χ0) is 13.3. The number of anilines is 2. The van der Waals surface area contributed by atoms with Crippen LogP contribution in [0.15, 0.2) is 6.33 Å². The van der Waals surface area contributed by atoms with Crippen LogP contribution in [0.5, 0.6) is 0 Å². The average Bonchev–Trinajstić information content (AvgIpc) is 2.26. The van der Waals surface area contributed by atoms with Crippen molar-refractivity contribution in [2.45, 2.75) is 26.7 Å². The van der Waals surface area contributed by atoms with E-state index in [0.29, 0.717) is 5.82 Å². The van der Waals surface area contributed by atoms with E-state index in [1.807, 2.05) is 4.90 Å². The fraction of sp³-hybridized carbons (Fsp3) is 0.636. The van der Waals surface area contributed by atoms with Crippen molar-refractivity contribution in [1.82, 2.24) is 9.97 Å².